The molecule has 0 spiro atoms. The maximum Gasteiger partial charge on any atom is 0.306 e. The van der Waals surface area contributed by atoms with Crippen LogP contribution >= 0.6 is 11.6 Å². The fourth-order valence-electron chi connectivity index (χ4n) is 5.62. The van der Waals surface area contributed by atoms with E-state index in [1.54, 1.807) is 47.9 Å². The minimum atomic E-state index is -0.998. The van der Waals surface area contributed by atoms with Crippen molar-refractivity contribution in [1.29, 1.82) is 0 Å². The Labute approximate surface area is 242 Å². The van der Waals surface area contributed by atoms with Crippen LogP contribution in [0.3, 0.4) is 0 Å². The largest absolute Gasteiger partial charge is 0.466 e. The first-order valence-electron chi connectivity index (χ1n) is 14.0. The average molecular weight is 580 g/mol. The minimum absolute atomic E-state index is 0.0239. The smallest absolute Gasteiger partial charge is 0.306 e. The number of rotatable bonds is 9. The highest BCUT2D eigenvalue weighted by Crippen LogP contribution is 2.39. The normalized spacial score (nSPS) is 14.6. The molecule has 0 aliphatic heterocycles. The summed E-state index contributed by atoms with van der Waals surface area (Å²) in [6, 6.07) is 15.9. The van der Waals surface area contributed by atoms with Gasteiger partial charge in [0.2, 0.25) is 5.91 Å². The summed E-state index contributed by atoms with van der Waals surface area (Å²) >= 11 is 6.13. The van der Waals surface area contributed by atoms with Crippen LogP contribution in [0.5, 0.6) is 0 Å². The van der Waals surface area contributed by atoms with E-state index in [9.17, 15) is 18.4 Å². The average Bonchev–Trinajstić information content (AvgIpc) is 3.31. The molecule has 1 aliphatic carbocycles. The number of aromatic nitrogens is 2. The van der Waals surface area contributed by atoms with Gasteiger partial charge in [0.05, 0.1) is 17.6 Å². The molecule has 41 heavy (non-hydrogen) atoms. The maximum atomic E-state index is 14.6. The van der Waals surface area contributed by atoms with Crippen LogP contribution < -0.4 is 5.32 Å². The number of fused-ring (bicyclic) bond motifs is 1. The number of anilines is 1. The number of carbonyl (C=O) groups is 2. The first kappa shape index (κ1) is 28.7. The predicted molar refractivity (Wildman–Crippen MR) is 156 cm³/mol. The lowest BCUT2D eigenvalue weighted by Gasteiger charge is -2.32. The number of nitrogens with zero attached hydrogens (tertiary/aromatic N) is 2. The molecule has 1 aromatic heterocycles. The fraction of sp³-hybridized carbons (Fsp3) is 0.344. The van der Waals surface area contributed by atoms with Gasteiger partial charge in [0.1, 0.15) is 11.9 Å². The Bertz CT molecular complexity index is 1530. The number of amides is 1. The number of hydrogen-bond acceptors (Lipinski definition) is 4. The lowest BCUT2D eigenvalue weighted by Crippen LogP contribution is -2.33. The van der Waals surface area contributed by atoms with Crippen LogP contribution in [-0.4, -0.2) is 28.0 Å². The number of nitrogens with one attached hydrogen (secondary N) is 1. The van der Waals surface area contributed by atoms with E-state index in [2.05, 4.69) is 10.3 Å². The predicted octanol–water partition coefficient (Wildman–Crippen LogP) is 7.89. The molecular formula is C32H32ClF2N3O3. The summed E-state index contributed by atoms with van der Waals surface area (Å²) in [6.45, 7) is 2.12. The van der Waals surface area contributed by atoms with E-state index >= 15 is 0 Å². The van der Waals surface area contributed by atoms with E-state index in [0.717, 1.165) is 49.8 Å². The summed E-state index contributed by atoms with van der Waals surface area (Å²) in [5.41, 5.74) is 2.86. The van der Waals surface area contributed by atoms with E-state index in [-0.39, 0.29) is 29.7 Å². The molecule has 1 unspecified atom stereocenters. The molecule has 1 amide bonds. The number of aryl methyl sites for hydroxylation is 1. The van der Waals surface area contributed by atoms with Crippen LogP contribution in [0.4, 0.5) is 14.5 Å². The molecule has 0 bridgehead atoms. The molecule has 1 fully saturated rings. The van der Waals surface area contributed by atoms with Gasteiger partial charge >= 0.3 is 5.97 Å². The van der Waals surface area contributed by atoms with E-state index in [0.29, 0.717) is 40.6 Å². The summed E-state index contributed by atoms with van der Waals surface area (Å²) in [5, 5.41) is 3.59. The Kier molecular flexibility index (Phi) is 8.98. The summed E-state index contributed by atoms with van der Waals surface area (Å²) in [6.07, 6.45) is 5.52. The molecule has 4 aromatic rings. The Morgan fingerprint density at radius 3 is 2.39 bits per heavy atom. The van der Waals surface area contributed by atoms with Crippen molar-refractivity contribution in [1.82, 2.24) is 9.55 Å². The van der Waals surface area contributed by atoms with Gasteiger partial charge in [-0.05, 0) is 74.1 Å². The van der Waals surface area contributed by atoms with E-state index in [4.69, 9.17) is 16.3 Å². The van der Waals surface area contributed by atoms with Crippen LogP contribution in [0.1, 0.15) is 57.1 Å². The topological polar surface area (TPSA) is 73.2 Å². The van der Waals surface area contributed by atoms with Crippen molar-refractivity contribution in [2.45, 2.75) is 57.9 Å². The molecule has 1 atom stereocenters. The van der Waals surface area contributed by atoms with Gasteiger partial charge in [-0.25, -0.2) is 13.8 Å². The number of hydrogen-bond donors (Lipinski definition) is 1. The Morgan fingerprint density at radius 1 is 1.02 bits per heavy atom. The van der Waals surface area contributed by atoms with Crippen molar-refractivity contribution in [3.8, 4) is 11.4 Å². The second kappa shape index (κ2) is 12.8. The number of ether oxygens (including phenoxy) is 1. The van der Waals surface area contributed by atoms with Gasteiger partial charge in [-0.3, -0.25) is 9.59 Å². The maximum absolute atomic E-state index is 14.6. The molecule has 1 aliphatic rings. The van der Waals surface area contributed by atoms with E-state index in [1.807, 2.05) is 12.1 Å². The van der Waals surface area contributed by atoms with Crippen molar-refractivity contribution in [2.24, 2.45) is 5.92 Å². The zero-order valence-corrected chi connectivity index (χ0v) is 23.6. The number of esters is 1. The number of benzene rings is 3. The number of imidazole rings is 1. The Hall–Kier alpha value is -3.78. The second-order valence-electron chi connectivity index (χ2n) is 10.4. The number of carbonyl (C=O) groups excluding carboxylic acids is 2. The standard InChI is InChI=1S/C32H32ClF2N3O3/c1-2-41-29(39)17-10-20-8-15-24(16-9-20)36-32(40)30(21-6-4-3-5-7-21)38-28-19-26(35)25(34)18-27(28)37-31(38)22-11-13-23(33)14-12-22/h8-9,11-16,18-19,21,30H,2-7,10,17H2,1H3,(H,36,40). The fourth-order valence-corrected chi connectivity index (χ4v) is 5.74. The lowest BCUT2D eigenvalue weighted by atomic mass is 9.83. The Morgan fingerprint density at radius 2 is 1.71 bits per heavy atom. The van der Waals surface area contributed by atoms with Crippen molar-refractivity contribution in [3.63, 3.8) is 0 Å². The van der Waals surface area contributed by atoms with Crippen LogP contribution in [0.15, 0.2) is 60.7 Å². The summed E-state index contributed by atoms with van der Waals surface area (Å²) in [7, 11) is 0. The van der Waals surface area contributed by atoms with Crippen molar-refractivity contribution >= 4 is 40.2 Å². The zero-order valence-electron chi connectivity index (χ0n) is 22.8. The molecule has 1 heterocycles. The van der Waals surface area contributed by atoms with Gasteiger partial charge in [0.15, 0.2) is 11.6 Å². The number of halogens is 3. The van der Waals surface area contributed by atoms with Crippen LogP contribution in [0, 0.1) is 17.6 Å². The van der Waals surface area contributed by atoms with Gasteiger partial charge < -0.3 is 14.6 Å². The van der Waals surface area contributed by atoms with Crippen LogP contribution in [0.25, 0.3) is 22.4 Å². The van der Waals surface area contributed by atoms with Gasteiger partial charge in [0, 0.05) is 34.8 Å². The molecule has 1 N–H and O–H groups in total. The second-order valence-corrected chi connectivity index (χ2v) is 10.8. The minimum Gasteiger partial charge on any atom is -0.466 e. The van der Waals surface area contributed by atoms with E-state index < -0.39 is 17.7 Å². The lowest BCUT2D eigenvalue weighted by molar-refractivity contribution is -0.143. The molecule has 5 rings (SSSR count). The van der Waals surface area contributed by atoms with Gasteiger partial charge in [-0.1, -0.05) is 43.0 Å². The Balaban J connectivity index is 1.51. The third-order valence-corrected chi connectivity index (χ3v) is 7.87. The van der Waals surface area contributed by atoms with E-state index in [1.165, 1.54) is 0 Å². The van der Waals surface area contributed by atoms with Gasteiger partial charge in [0.25, 0.3) is 0 Å². The molecule has 214 valence electrons. The molecule has 0 radical (unpaired) electrons. The summed E-state index contributed by atoms with van der Waals surface area (Å²) in [4.78, 5) is 30.5. The molecule has 0 saturated heterocycles. The SMILES string of the molecule is CCOC(=O)CCc1ccc(NC(=O)C(C2CCCCC2)n2c(-c3ccc(Cl)cc3)nc3cc(F)c(F)cc32)cc1. The third kappa shape index (κ3) is 6.59. The first-order valence-corrected chi connectivity index (χ1v) is 14.4. The zero-order chi connectivity index (χ0) is 28.9. The van der Waals surface area contributed by atoms with Crippen molar-refractivity contribution in [2.75, 3.05) is 11.9 Å². The van der Waals surface area contributed by atoms with Gasteiger partial charge in [-0.2, -0.15) is 0 Å². The van der Waals surface area contributed by atoms with Crippen LogP contribution in [-0.2, 0) is 20.7 Å². The highest BCUT2D eigenvalue weighted by atomic mass is 35.5. The van der Waals surface area contributed by atoms with Crippen molar-refractivity contribution in [3.05, 3.63) is 82.9 Å². The summed E-state index contributed by atoms with van der Waals surface area (Å²) in [5.74, 6) is -2.07. The summed E-state index contributed by atoms with van der Waals surface area (Å²) < 4.78 is 35.6. The first-order chi connectivity index (χ1) is 19.8. The monoisotopic (exact) mass is 579 g/mol. The van der Waals surface area contributed by atoms with Crippen LogP contribution in [0.2, 0.25) is 5.02 Å². The molecular weight excluding hydrogens is 548 g/mol. The third-order valence-electron chi connectivity index (χ3n) is 7.62. The molecule has 9 heteroatoms. The molecule has 6 nitrogen and oxygen atoms in total. The molecule has 3 aromatic carbocycles. The highest BCUT2D eigenvalue weighted by Gasteiger charge is 2.35. The molecule has 1 saturated carbocycles. The van der Waals surface area contributed by atoms with Crippen molar-refractivity contribution < 1.29 is 23.1 Å². The quantitative estimate of drug-likeness (QED) is 0.205. The van der Waals surface area contributed by atoms with Gasteiger partial charge in [-0.15, -0.1) is 0 Å². The highest BCUT2D eigenvalue weighted by molar-refractivity contribution is 6.30.